The van der Waals surface area contributed by atoms with Crippen molar-refractivity contribution < 1.29 is 0 Å². The van der Waals surface area contributed by atoms with E-state index in [0.29, 0.717) is 11.1 Å². The van der Waals surface area contributed by atoms with Gasteiger partial charge in [-0.05, 0) is 72.8 Å². The molecule has 11 aromatic rings. The summed E-state index contributed by atoms with van der Waals surface area (Å²) in [6, 6.07) is 65.9. The van der Waals surface area contributed by atoms with Crippen molar-refractivity contribution in [2.75, 3.05) is 0 Å². The summed E-state index contributed by atoms with van der Waals surface area (Å²) < 4.78 is 6.86. The van der Waals surface area contributed by atoms with Gasteiger partial charge in [-0.3, -0.25) is 0 Å². The van der Waals surface area contributed by atoms with Crippen LogP contribution in [0.2, 0.25) is 0 Å². The molecule has 0 fully saturated rings. The number of fused-ring (bicyclic) bond motifs is 9. The Morgan fingerprint density at radius 1 is 0.327 bits per heavy atom. The summed E-state index contributed by atoms with van der Waals surface area (Å²) in [6.07, 6.45) is 0. The van der Waals surface area contributed by atoms with Crippen LogP contribution in [-0.2, 0) is 0 Å². The highest BCUT2D eigenvalue weighted by atomic mass is 15.0. The summed E-state index contributed by atoms with van der Waals surface area (Å²) in [7, 11) is 0. The zero-order chi connectivity index (χ0) is 36.6. The second-order valence-corrected chi connectivity index (χ2v) is 14.0. The zero-order valence-corrected chi connectivity index (χ0v) is 29.5. The van der Waals surface area contributed by atoms with Gasteiger partial charge in [0, 0.05) is 54.8 Å². The van der Waals surface area contributed by atoms with E-state index < -0.39 is 0 Å². The van der Waals surface area contributed by atoms with Gasteiger partial charge in [0.15, 0.2) is 0 Å². The normalized spacial score (nSPS) is 11.6. The number of nitrogens with zero attached hydrogens (tertiary/aromatic N) is 5. The average Bonchev–Trinajstić information content (AvgIpc) is 3.88. The van der Waals surface area contributed by atoms with E-state index in [9.17, 15) is 10.5 Å². The molecule has 3 aromatic heterocycles. The Morgan fingerprint density at radius 3 is 1.44 bits per heavy atom. The van der Waals surface area contributed by atoms with Crippen LogP contribution in [0.1, 0.15) is 11.1 Å². The fourth-order valence-electron chi connectivity index (χ4n) is 8.77. The lowest BCUT2D eigenvalue weighted by Crippen LogP contribution is -2.00. The molecule has 8 aromatic carbocycles. The monoisotopic (exact) mass is 699 g/mol. The van der Waals surface area contributed by atoms with Crippen molar-refractivity contribution in [1.29, 1.82) is 10.5 Å². The van der Waals surface area contributed by atoms with E-state index in [1.807, 2.05) is 30.3 Å². The minimum atomic E-state index is 0.577. The Kier molecular flexibility index (Phi) is 6.61. The third kappa shape index (κ3) is 4.45. The molecule has 5 nitrogen and oxygen atoms in total. The molecule has 0 N–H and O–H groups in total. The predicted octanol–water partition coefficient (Wildman–Crippen LogP) is 12.4. The lowest BCUT2D eigenvalue weighted by molar-refractivity contribution is 1.15. The molecule has 0 spiro atoms. The van der Waals surface area contributed by atoms with Crippen molar-refractivity contribution in [3.05, 3.63) is 187 Å². The third-order valence-electron chi connectivity index (χ3n) is 11.1. The number of benzene rings is 8. The topological polar surface area (TPSA) is 62.4 Å². The van der Waals surface area contributed by atoms with Gasteiger partial charge >= 0.3 is 0 Å². The van der Waals surface area contributed by atoms with Crippen molar-refractivity contribution in [2.45, 2.75) is 0 Å². The van der Waals surface area contributed by atoms with Crippen LogP contribution in [-0.4, -0.2) is 13.7 Å². The number of rotatable bonds is 4. The lowest BCUT2D eigenvalue weighted by atomic mass is 9.97. The van der Waals surface area contributed by atoms with Gasteiger partial charge in [0.25, 0.3) is 0 Å². The van der Waals surface area contributed by atoms with Gasteiger partial charge in [-0.25, -0.2) is 0 Å². The molecule has 0 atom stereocenters. The first-order valence-corrected chi connectivity index (χ1v) is 18.3. The maximum absolute atomic E-state index is 10.8. The summed E-state index contributed by atoms with van der Waals surface area (Å²) in [5, 5.41) is 27.5. The predicted molar refractivity (Wildman–Crippen MR) is 224 cm³/mol. The molecule has 0 radical (unpaired) electrons. The SMILES string of the molecule is N#Cc1ccc2c(c1)c1ccc(-n3c4ccccc4c4ccccc43)cc1n2-c1ccc(-c2ccccc2-n2c3ccccc3c3ccccc32)c(C#N)c1. The minimum absolute atomic E-state index is 0.577. The molecule has 5 heteroatoms. The first-order chi connectivity index (χ1) is 27.2. The molecule has 254 valence electrons. The lowest BCUT2D eigenvalue weighted by Gasteiger charge is -2.16. The van der Waals surface area contributed by atoms with Crippen LogP contribution in [0.15, 0.2) is 176 Å². The molecule has 3 heterocycles. The second-order valence-electron chi connectivity index (χ2n) is 14.0. The zero-order valence-electron chi connectivity index (χ0n) is 29.5. The van der Waals surface area contributed by atoms with E-state index in [2.05, 4.69) is 171 Å². The van der Waals surface area contributed by atoms with Crippen molar-refractivity contribution in [3.8, 4) is 40.3 Å². The van der Waals surface area contributed by atoms with E-state index in [1.54, 1.807) is 0 Å². The van der Waals surface area contributed by atoms with Gasteiger partial charge in [-0.15, -0.1) is 0 Å². The van der Waals surface area contributed by atoms with Crippen LogP contribution in [0.4, 0.5) is 0 Å². The van der Waals surface area contributed by atoms with Crippen LogP contribution in [0, 0.1) is 22.7 Å². The van der Waals surface area contributed by atoms with E-state index in [0.717, 1.165) is 72.1 Å². The molecule has 0 saturated heterocycles. The van der Waals surface area contributed by atoms with E-state index in [4.69, 9.17) is 0 Å². The van der Waals surface area contributed by atoms with Gasteiger partial charge in [0.2, 0.25) is 0 Å². The summed E-state index contributed by atoms with van der Waals surface area (Å²) in [5.41, 5.74) is 12.4. The van der Waals surface area contributed by atoms with Crippen LogP contribution < -0.4 is 0 Å². The number of hydrogen-bond donors (Lipinski definition) is 0. The summed E-state index contributed by atoms with van der Waals surface area (Å²) in [6.45, 7) is 0. The number of nitriles is 2. The Bertz CT molecular complexity index is 3360. The number of hydrogen-bond acceptors (Lipinski definition) is 2. The molecule has 0 unspecified atom stereocenters. The van der Waals surface area contributed by atoms with Crippen LogP contribution in [0.3, 0.4) is 0 Å². The molecular weight excluding hydrogens is 671 g/mol. The molecular formula is C50H29N5. The Hall–Kier alpha value is -7.86. The third-order valence-corrected chi connectivity index (χ3v) is 11.1. The molecule has 0 saturated carbocycles. The van der Waals surface area contributed by atoms with Gasteiger partial charge < -0.3 is 13.7 Å². The highest BCUT2D eigenvalue weighted by molar-refractivity contribution is 6.13. The number of aromatic nitrogens is 3. The van der Waals surface area contributed by atoms with E-state index in [1.165, 1.54) is 21.5 Å². The Morgan fingerprint density at radius 2 is 0.818 bits per heavy atom. The van der Waals surface area contributed by atoms with E-state index in [-0.39, 0.29) is 0 Å². The quantitative estimate of drug-likeness (QED) is 0.184. The highest BCUT2D eigenvalue weighted by Gasteiger charge is 2.20. The summed E-state index contributed by atoms with van der Waals surface area (Å²) in [5.74, 6) is 0. The molecule has 0 aliphatic heterocycles. The van der Waals surface area contributed by atoms with Crippen molar-refractivity contribution in [3.63, 3.8) is 0 Å². The van der Waals surface area contributed by atoms with Gasteiger partial charge in [0.05, 0.1) is 62.1 Å². The Balaban J connectivity index is 1.14. The van der Waals surface area contributed by atoms with Crippen molar-refractivity contribution >= 4 is 65.4 Å². The van der Waals surface area contributed by atoms with Gasteiger partial charge in [-0.1, -0.05) is 103 Å². The highest BCUT2D eigenvalue weighted by Crippen LogP contribution is 2.40. The van der Waals surface area contributed by atoms with Crippen molar-refractivity contribution in [1.82, 2.24) is 13.7 Å². The molecule has 0 bridgehead atoms. The maximum atomic E-state index is 10.8. The van der Waals surface area contributed by atoms with Crippen molar-refractivity contribution in [2.24, 2.45) is 0 Å². The van der Waals surface area contributed by atoms with E-state index >= 15 is 0 Å². The smallest absolute Gasteiger partial charge is 0.0998 e. The van der Waals surface area contributed by atoms with Gasteiger partial charge in [0.1, 0.15) is 0 Å². The summed E-state index contributed by atoms with van der Waals surface area (Å²) in [4.78, 5) is 0. The van der Waals surface area contributed by atoms with Gasteiger partial charge in [-0.2, -0.15) is 10.5 Å². The fourth-order valence-corrected chi connectivity index (χ4v) is 8.77. The standard InChI is InChI=1S/C50H29N5/c51-30-32-21-26-49-43(27-32)42-25-23-35(53-44-16-6-2-12-38(44)39-13-3-7-17-45(39)53)29-50(42)54(49)34-22-24-36(33(28-34)31-52)37-11-1-8-18-46(37)55-47-19-9-4-14-40(47)41-15-5-10-20-48(41)55/h1-29H. The largest absolute Gasteiger partial charge is 0.309 e. The average molecular weight is 700 g/mol. The first-order valence-electron chi connectivity index (χ1n) is 18.3. The molecule has 0 aliphatic carbocycles. The molecule has 11 rings (SSSR count). The maximum Gasteiger partial charge on any atom is 0.0998 e. The summed E-state index contributed by atoms with van der Waals surface area (Å²) >= 11 is 0. The number of para-hydroxylation sites is 5. The van der Waals surface area contributed by atoms with Crippen LogP contribution in [0.25, 0.3) is 93.6 Å². The molecule has 55 heavy (non-hydrogen) atoms. The first kappa shape index (κ1) is 30.7. The van der Waals surface area contributed by atoms with Crippen LogP contribution in [0.5, 0.6) is 0 Å². The second kappa shape index (κ2) is 11.8. The molecule has 0 amide bonds. The fraction of sp³-hybridized carbons (Fsp3) is 0. The molecule has 0 aliphatic rings. The Labute approximate surface area is 316 Å². The van der Waals surface area contributed by atoms with Crippen LogP contribution >= 0.6 is 0 Å². The minimum Gasteiger partial charge on any atom is -0.309 e.